The monoisotopic (exact) mass is 401 g/mol. The third kappa shape index (κ3) is 4.83. The highest BCUT2D eigenvalue weighted by atomic mass is 31.2. The first-order valence-electron chi connectivity index (χ1n) is 8.91. The summed E-state index contributed by atoms with van der Waals surface area (Å²) in [5.41, 5.74) is 1.25. The lowest BCUT2D eigenvalue weighted by Gasteiger charge is -2.42. The van der Waals surface area contributed by atoms with E-state index in [1.807, 2.05) is 0 Å². The van der Waals surface area contributed by atoms with Crippen LogP contribution in [0.5, 0.6) is 5.75 Å². The van der Waals surface area contributed by atoms with E-state index in [0.29, 0.717) is 22.4 Å². The minimum absolute atomic E-state index is 0.181. The molecular weight excluding hydrogens is 369 g/mol. The average Bonchev–Trinajstić information content (AvgIpc) is 2.58. The number of carbonyl (C=O) groups is 1. The lowest BCUT2D eigenvalue weighted by atomic mass is 10.2. The minimum atomic E-state index is -3.46. The maximum Gasteiger partial charge on any atom is 0.337 e. The topological polar surface area (TPSA) is 74.7 Å². The Labute approximate surface area is 158 Å². The van der Waals surface area contributed by atoms with Crippen LogP contribution in [0.4, 0.5) is 0 Å². The van der Waals surface area contributed by atoms with Crippen LogP contribution < -0.4 is 4.43 Å². The Morgan fingerprint density at radius 3 is 2.00 bits per heavy atom. The van der Waals surface area contributed by atoms with Crippen LogP contribution in [0.1, 0.15) is 52.0 Å². The summed E-state index contributed by atoms with van der Waals surface area (Å²) in [5, 5.41) is 0. The summed E-state index contributed by atoms with van der Waals surface area (Å²) in [7, 11) is -3.18. The number of carbonyl (C=O) groups excluding carboxylic acids is 1. The molecule has 0 radical (unpaired) electrons. The van der Waals surface area contributed by atoms with Gasteiger partial charge in [0.05, 0.1) is 0 Å². The molecule has 0 saturated carbocycles. The van der Waals surface area contributed by atoms with Gasteiger partial charge in [0.1, 0.15) is 17.6 Å². The van der Waals surface area contributed by atoms with E-state index in [1.54, 1.807) is 12.1 Å². The normalized spacial score (nSPS) is 12.9. The molecule has 0 bridgehead atoms. The number of ketones is 1. The predicted octanol–water partition coefficient (Wildman–Crippen LogP) is 5.30. The molecule has 1 heterocycles. The standard InChI is InChI=1S/C18H32NO5PSi/c1-13(2)26(14(3)4,15(5)6)24-17-10-9-11-19-18(17)16(20)12-25(21,22-7)23-8/h9-11,13-15H,12H2,1-8H3. The fourth-order valence-corrected chi connectivity index (χ4v) is 9.84. The van der Waals surface area contributed by atoms with Gasteiger partial charge in [-0.1, -0.05) is 41.5 Å². The summed E-state index contributed by atoms with van der Waals surface area (Å²) in [4.78, 5) is 16.9. The highest BCUT2D eigenvalue weighted by Crippen LogP contribution is 2.47. The van der Waals surface area contributed by atoms with E-state index in [0.717, 1.165) is 0 Å². The van der Waals surface area contributed by atoms with Crippen LogP contribution in [0.15, 0.2) is 18.3 Å². The van der Waals surface area contributed by atoms with Gasteiger partial charge >= 0.3 is 7.60 Å². The molecular formula is C18H32NO5PSi. The van der Waals surface area contributed by atoms with E-state index >= 15 is 0 Å². The average molecular weight is 402 g/mol. The molecule has 0 aliphatic rings. The summed E-state index contributed by atoms with van der Waals surface area (Å²) in [6.07, 6.45) is 1.17. The number of pyridine rings is 1. The molecule has 0 aliphatic carbocycles. The van der Waals surface area contributed by atoms with Gasteiger partial charge in [0, 0.05) is 20.4 Å². The molecule has 0 aromatic carbocycles. The molecule has 6 nitrogen and oxygen atoms in total. The molecule has 1 aromatic heterocycles. The van der Waals surface area contributed by atoms with Gasteiger partial charge in [0.2, 0.25) is 0 Å². The maximum absolute atomic E-state index is 12.7. The molecule has 1 aromatic rings. The molecule has 0 saturated heterocycles. The van der Waals surface area contributed by atoms with Crippen LogP contribution in [0.2, 0.25) is 16.6 Å². The van der Waals surface area contributed by atoms with E-state index in [4.69, 9.17) is 13.5 Å². The lowest BCUT2D eigenvalue weighted by molar-refractivity contribution is 0.100. The van der Waals surface area contributed by atoms with Gasteiger partial charge in [-0.05, 0) is 28.8 Å². The van der Waals surface area contributed by atoms with Crippen LogP contribution in [0, 0.1) is 0 Å². The molecule has 8 heteroatoms. The van der Waals surface area contributed by atoms with Crippen LogP contribution in [-0.4, -0.2) is 39.5 Å². The van der Waals surface area contributed by atoms with Gasteiger partial charge in [-0.3, -0.25) is 9.36 Å². The van der Waals surface area contributed by atoms with E-state index < -0.39 is 21.7 Å². The first-order chi connectivity index (χ1) is 12.0. The fraction of sp³-hybridized carbons (Fsp3) is 0.667. The van der Waals surface area contributed by atoms with Crippen LogP contribution in [0.25, 0.3) is 0 Å². The molecule has 0 unspecified atom stereocenters. The fourth-order valence-electron chi connectivity index (χ4n) is 3.68. The molecule has 26 heavy (non-hydrogen) atoms. The number of nitrogens with zero attached hydrogens (tertiary/aromatic N) is 1. The van der Waals surface area contributed by atoms with E-state index in [1.165, 1.54) is 20.4 Å². The molecule has 148 valence electrons. The van der Waals surface area contributed by atoms with Gasteiger partial charge in [0.15, 0.2) is 5.78 Å². The van der Waals surface area contributed by atoms with E-state index in [-0.39, 0.29) is 11.9 Å². The highest BCUT2D eigenvalue weighted by Gasteiger charge is 2.47. The Morgan fingerprint density at radius 1 is 1.08 bits per heavy atom. The Kier molecular flexibility index (Phi) is 8.21. The van der Waals surface area contributed by atoms with Crippen molar-refractivity contribution in [2.75, 3.05) is 20.4 Å². The summed E-state index contributed by atoms with van der Waals surface area (Å²) in [6.45, 7) is 13.0. The van der Waals surface area contributed by atoms with Gasteiger partial charge in [-0.25, -0.2) is 4.98 Å². The number of Topliss-reactive ketones (excluding diaryl/α,β-unsaturated/α-hetero) is 1. The predicted molar refractivity (Wildman–Crippen MR) is 107 cm³/mol. The number of hydrogen-bond donors (Lipinski definition) is 0. The lowest BCUT2D eigenvalue weighted by Crippen LogP contribution is -2.51. The van der Waals surface area contributed by atoms with E-state index in [2.05, 4.69) is 46.5 Å². The van der Waals surface area contributed by atoms with Gasteiger partial charge < -0.3 is 13.5 Å². The van der Waals surface area contributed by atoms with Gasteiger partial charge in [-0.2, -0.15) is 0 Å². The third-order valence-electron chi connectivity index (χ3n) is 4.92. The zero-order chi connectivity index (χ0) is 20.1. The van der Waals surface area contributed by atoms with Crippen LogP contribution >= 0.6 is 7.60 Å². The van der Waals surface area contributed by atoms with E-state index in [9.17, 15) is 9.36 Å². The Bertz CT molecular complexity index is 633. The smallest absolute Gasteiger partial charge is 0.337 e. The second kappa shape index (κ2) is 9.26. The SMILES string of the molecule is COP(=O)(CC(=O)c1ncccc1O[Si](C(C)C)(C(C)C)C(C)C)OC. The molecule has 0 spiro atoms. The number of hydrogen-bond acceptors (Lipinski definition) is 6. The molecule has 0 amide bonds. The van der Waals surface area contributed by atoms with Crippen molar-refractivity contribution < 1.29 is 22.8 Å². The molecule has 0 aliphatic heterocycles. The van der Waals surface area contributed by atoms with Crippen molar-refractivity contribution in [3.63, 3.8) is 0 Å². The first kappa shape index (κ1) is 23.0. The van der Waals surface area contributed by atoms with Gasteiger partial charge in [-0.15, -0.1) is 0 Å². The third-order valence-corrected chi connectivity index (χ3v) is 12.7. The number of rotatable bonds is 10. The van der Waals surface area contributed by atoms with Crippen molar-refractivity contribution in [3.8, 4) is 5.75 Å². The summed E-state index contributed by atoms with van der Waals surface area (Å²) >= 11 is 0. The Balaban J connectivity index is 3.31. The Hall–Kier alpha value is -1.01. The first-order valence-corrected chi connectivity index (χ1v) is 12.8. The summed E-state index contributed by atoms with van der Waals surface area (Å²) in [5.74, 6) is 0.0471. The second-order valence-corrected chi connectivity index (χ2v) is 15.0. The Morgan fingerprint density at radius 2 is 1.58 bits per heavy atom. The number of aromatic nitrogens is 1. The van der Waals surface area contributed by atoms with Crippen molar-refractivity contribution in [1.82, 2.24) is 4.98 Å². The quantitative estimate of drug-likeness (QED) is 0.301. The largest absolute Gasteiger partial charge is 0.541 e. The molecule has 0 fully saturated rings. The molecule has 0 atom stereocenters. The zero-order valence-electron chi connectivity index (χ0n) is 17.1. The summed E-state index contributed by atoms with van der Waals surface area (Å²) < 4.78 is 28.7. The van der Waals surface area contributed by atoms with Crippen LogP contribution in [0.3, 0.4) is 0 Å². The summed E-state index contributed by atoms with van der Waals surface area (Å²) in [6, 6.07) is 3.51. The van der Waals surface area contributed by atoms with Crippen molar-refractivity contribution in [1.29, 1.82) is 0 Å². The molecule has 1 rings (SSSR count). The van der Waals surface area contributed by atoms with Crippen molar-refractivity contribution >= 4 is 21.7 Å². The van der Waals surface area contributed by atoms with Crippen LogP contribution in [-0.2, 0) is 13.6 Å². The van der Waals surface area contributed by atoms with Crippen molar-refractivity contribution in [2.24, 2.45) is 0 Å². The van der Waals surface area contributed by atoms with Crippen molar-refractivity contribution in [3.05, 3.63) is 24.0 Å². The van der Waals surface area contributed by atoms with Crippen molar-refractivity contribution in [2.45, 2.75) is 58.2 Å². The van der Waals surface area contributed by atoms with Gasteiger partial charge in [0.25, 0.3) is 8.32 Å². The molecule has 0 N–H and O–H groups in total. The zero-order valence-corrected chi connectivity index (χ0v) is 19.0. The minimum Gasteiger partial charge on any atom is -0.541 e. The second-order valence-electron chi connectivity index (χ2n) is 7.33. The maximum atomic E-state index is 12.7. The highest BCUT2D eigenvalue weighted by molar-refractivity contribution is 7.54.